The molecule has 1 rings (SSSR count). The maximum Gasteiger partial charge on any atom is 0.139 e. The summed E-state index contributed by atoms with van der Waals surface area (Å²) in [5.41, 5.74) is 5.85. The minimum atomic E-state index is -0.524. The SMILES string of the molecule is CC(C)(N)CC(=O)Cc1ccc(F)cc1Cl. The molecule has 1 aromatic rings. The van der Waals surface area contributed by atoms with Crippen molar-refractivity contribution in [2.75, 3.05) is 0 Å². The second kappa shape index (κ2) is 4.93. The highest BCUT2D eigenvalue weighted by atomic mass is 35.5. The Balaban J connectivity index is 2.70. The van der Waals surface area contributed by atoms with Crippen LogP contribution in [0.2, 0.25) is 5.02 Å². The summed E-state index contributed by atoms with van der Waals surface area (Å²) >= 11 is 5.82. The average Bonchev–Trinajstić information content (AvgIpc) is 2.06. The molecule has 0 fully saturated rings. The van der Waals surface area contributed by atoms with E-state index in [0.717, 1.165) is 0 Å². The number of hydrogen-bond donors (Lipinski definition) is 1. The van der Waals surface area contributed by atoms with Gasteiger partial charge in [-0.3, -0.25) is 4.79 Å². The Hall–Kier alpha value is -0.930. The highest BCUT2D eigenvalue weighted by molar-refractivity contribution is 6.31. The molecule has 0 unspecified atom stereocenters. The van der Waals surface area contributed by atoms with Crippen LogP contribution in [0.15, 0.2) is 18.2 Å². The quantitative estimate of drug-likeness (QED) is 0.884. The lowest BCUT2D eigenvalue weighted by atomic mass is 9.96. The first-order chi connectivity index (χ1) is 7.28. The lowest BCUT2D eigenvalue weighted by molar-refractivity contribution is -0.119. The Bertz CT molecular complexity index is 398. The minimum Gasteiger partial charge on any atom is -0.325 e. The molecule has 0 spiro atoms. The van der Waals surface area contributed by atoms with Crippen molar-refractivity contribution in [3.8, 4) is 0 Å². The zero-order chi connectivity index (χ0) is 12.3. The van der Waals surface area contributed by atoms with Crippen molar-refractivity contribution in [2.45, 2.75) is 32.2 Å². The molecule has 88 valence electrons. The summed E-state index contributed by atoms with van der Waals surface area (Å²) in [6, 6.07) is 4.03. The molecule has 0 heterocycles. The van der Waals surface area contributed by atoms with Crippen LogP contribution in [0.1, 0.15) is 25.8 Å². The van der Waals surface area contributed by atoms with Crippen molar-refractivity contribution >= 4 is 17.4 Å². The Kier molecular flexibility index (Phi) is 4.05. The normalized spacial score (nSPS) is 11.6. The summed E-state index contributed by atoms with van der Waals surface area (Å²) in [5, 5.41) is 0.281. The van der Waals surface area contributed by atoms with Gasteiger partial charge in [-0.2, -0.15) is 0 Å². The molecule has 16 heavy (non-hydrogen) atoms. The standard InChI is InChI=1S/C12H15ClFNO/c1-12(2,15)7-10(16)5-8-3-4-9(14)6-11(8)13/h3-4,6H,5,7,15H2,1-2H3. The van der Waals surface area contributed by atoms with E-state index in [2.05, 4.69) is 0 Å². The van der Waals surface area contributed by atoms with E-state index in [1.54, 1.807) is 13.8 Å². The number of benzene rings is 1. The van der Waals surface area contributed by atoms with E-state index in [-0.39, 0.29) is 23.6 Å². The van der Waals surface area contributed by atoms with Crippen molar-refractivity contribution in [3.63, 3.8) is 0 Å². The Labute approximate surface area is 99.6 Å². The van der Waals surface area contributed by atoms with Crippen molar-refractivity contribution in [1.29, 1.82) is 0 Å². The van der Waals surface area contributed by atoms with Gasteiger partial charge in [0.2, 0.25) is 0 Å². The van der Waals surface area contributed by atoms with Gasteiger partial charge in [0, 0.05) is 23.4 Å². The van der Waals surface area contributed by atoms with Crippen LogP contribution in [0, 0.1) is 5.82 Å². The summed E-state index contributed by atoms with van der Waals surface area (Å²) in [5.74, 6) is -0.402. The van der Waals surface area contributed by atoms with Gasteiger partial charge in [0.15, 0.2) is 0 Å². The van der Waals surface area contributed by atoms with Crippen molar-refractivity contribution in [3.05, 3.63) is 34.6 Å². The first kappa shape index (κ1) is 13.1. The molecular formula is C12H15ClFNO. The predicted molar refractivity (Wildman–Crippen MR) is 63.0 cm³/mol. The van der Waals surface area contributed by atoms with E-state index in [4.69, 9.17) is 17.3 Å². The zero-order valence-corrected chi connectivity index (χ0v) is 10.1. The van der Waals surface area contributed by atoms with Crippen LogP contribution < -0.4 is 5.73 Å². The molecule has 0 amide bonds. The highest BCUT2D eigenvalue weighted by Crippen LogP contribution is 2.19. The third-order valence-electron chi connectivity index (χ3n) is 2.06. The molecule has 2 N–H and O–H groups in total. The third-order valence-corrected chi connectivity index (χ3v) is 2.41. The van der Waals surface area contributed by atoms with Gasteiger partial charge in [0.05, 0.1) is 0 Å². The maximum absolute atomic E-state index is 12.8. The van der Waals surface area contributed by atoms with E-state index in [1.807, 2.05) is 0 Å². The Morgan fingerprint density at radius 1 is 1.50 bits per heavy atom. The van der Waals surface area contributed by atoms with Crippen LogP contribution in [-0.2, 0) is 11.2 Å². The van der Waals surface area contributed by atoms with E-state index in [9.17, 15) is 9.18 Å². The van der Waals surface area contributed by atoms with Gasteiger partial charge in [-0.25, -0.2) is 4.39 Å². The van der Waals surface area contributed by atoms with Gasteiger partial charge in [-0.1, -0.05) is 17.7 Å². The lowest BCUT2D eigenvalue weighted by Crippen LogP contribution is -2.35. The number of carbonyl (C=O) groups excluding carboxylic acids is 1. The van der Waals surface area contributed by atoms with Gasteiger partial charge in [0.1, 0.15) is 11.6 Å². The van der Waals surface area contributed by atoms with Gasteiger partial charge in [0.25, 0.3) is 0 Å². The van der Waals surface area contributed by atoms with Gasteiger partial charge in [-0.15, -0.1) is 0 Å². The van der Waals surface area contributed by atoms with E-state index in [1.165, 1.54) is 18.2 Å². The average molecular weight is 244 g/mol. The maximum atomic E-state index is 12.8. The number of ketones is 1. The summed E-state index contributed by atoms with van der Waals surface area (Å²) in [7, 11) is 0. The molecule has 0 bridgehead atoms. The van der Waals surface area contributed by atoms with E-state index >= 15 is 0 Å². The molecule has 0 aliphatic carbocycles. The second-order valence-electron chi connectivity index (χ2n) is 4.62. The molecule has 4 heteroatoms. The molecule has 0 saturated carbocycles. The highest BCUT2D eigenvalue weighted by Gasteiger charge is 2.17. The van der Waals surface area contributed by atoms with Crippen molar-refractivity contribution < 1.29 is 9.18 Å². The fourth-order valence-corrected chi connectivity index (χ4v) is 1.68. The first-order valence-electron chi connectivity index (χ1n) is 5.02. The van der Waals surface area contributed by atoms with Crippen molar-refractivity contribution in [1.82, 2.24) is 0 Å². The first-order valence-corrected chi connectivity index (χ1v) is 5.40. The number of halogens is 2. The number of rotatable bonds is 4. The summed E-state index contributed by atoms with van der Waals surface area (Å²) in [4.78, 5) is 11.6. The zero-order valence-electron chi connectivity index (χ0n) is 9.39. The van der Waals surface area contributed by atoms with Crippen LogP contribution in [0.25, 0.3) is 0 Å². The minimum absolute atomic E-state index is 0.000933. The van der Waals surface area contributed by atoms with E-state index < -0.39 is 11.4 Å². The topological polar surface area (TPSA) is 43.1 Å². The molecule has 0 aliphatic rings. The predicted octanol–water partition coefficient (Wildman–Crippen LogP) is 2.72. The number of nitrogens with two attached hydrogens (primary N) is 1. The van der Waals surface area contributed by atoms with Crippen LogP contribution in [0.5, 0.6) is 0 Å². The smallest absolute Gasteiger partial charge is 0.139 e. The molecule has 0 aliphatic heterocycles. The number of Topliss-reactive ketones (excluding diaryl/α,β-unsaturated/α-hetero) is 1. The van der Waals surface area contributed by atoms with Crippen LogP contribution >= 0.6 is 11.6 Å². The largest absolute Gasteiger partial charge is 0.325 e. The summed E-state index contributed by atoms with van der Waals surface area (Å²) in [6.45, 7) is 3.58. The fourth-order valence-electron chi connectivity index (χ4n) is 1.45. The van der Waals surface area contributed by atoms with Gasteiger partial charge < -0.3 is 5.73 Å². The Morgan fingerprint density at radius 2 is 2.12 bits per heavy atom. The monoisotopic (exact) mass is 243 g/mol. The molecule has 2 nitrogen and oxygen atoms in total. The van der Waals surface area contributed by atoms with Crippen LogP contribution in [0.4, 0.5) is 4.39 Å². The van der Waals surface area contributed by atoms with Crippen LogP contribution in [-0.4, -0.2) is 11.3 Å². The molecule has 0 saturated heterocycles. The molecule has 0 radical (unpaired) electrons. The number of hydrogen-bond acceptors (Lipinski definition) is 2. The van der Waals surface area contributed by atoms with Gasteiger partial charge >= 0.3 is 0 Å². The van der Waals surface area contributed by atoms with Crippen molar-refractivity contribution in [2.24, 2.45) is 5.73 Å². The lowest BCUT2D eigenvalue weighted by Gasteiger charge is -2.17. The summed E-state index contributed by atoms with van der Waals surface area (Å²) in [6.07, 6.45) is 0.473. The molecule has 0 aromatic heterocycles. The van der Waals surface area contributed by atoms with Gasteiger partial charge in [-0.05, 0) is 31.5 Å². The Morgan fingerprint density at radius 3 is 2.62 bits per heavy atom. The van der Waals surface area contributed by atoms with E-state index in [0.29, 0.717) is 5.56 Å². The molecular weight excluding hydrogens is 229 g/mol. The fraction of sp³-hybridized carbons (Fsp3) is 0.417. The summed E-state index contributed by atoms with van der Waals surface area (Å²) < 4.78 is 12.8. The third kappa shape index (κ3) is 4.29. The second-order valence-corrected chi connectivity index (χ2v) is 5.02. The number of carbonyl (C=O) groups is 1. The van der Waals surface area contributed by atoms with Crippen LogP contribution in [0.3, 0.4) is 0 Å². The molecule has 1 aromatic carbocycles. The molecule has 0 atom stereocenters.